The van der Waals surface area contributed by atoms with E-state index < -0.39 is 10.7 Å². The van der Waals surface area contributed by atoms with Gasteiger partial charge in [-0.25, -0.2) is 14.4 Å². The van der Waals surface area contributed by atoms with Crippen molar-refractivity contribution in [3.63, 3.8) is 0 Å². The van der Waals surface area contributed by atoms with Crippen LogP contribution in [0.3, 0.4) is 0 Å². The fourth-order valence-corrected chi connectivity index (χ4v) is 2.46. The second kappa shape index (κ2) is 7.18. The molecule has 2 aromatic rings. The van der Waals surface area contributed by atoms with Gasteiger partial charge in [0.25, 0.3) is 0 Å². The summed E-state index contributed by atoms with van der Waals surface area (Å²) in [5.41, 5.74) is 0.225. The van der Waals surface area contributed by atoms with Crippen LogP contribution in [0.5, 0.6) is 0 Å². The van der Waals surface area contributed by atoms with Gasteiger partial charge < -0.3 is 15.4 Å². The van der Waals surface area contributed by atoms with Crippen LogP contribution in [0.15, 0.2) is 30.6 Å². The molecule has 3 rings (SSSR count). The number of ether oxygens (including phenoxy) is 1. The van der Waals surface area contributed by atoms with Crippen molar-refractivity contribution in [3.05, 3.63) is 46.5 Å². The maximum absolute atomic E-state index is 13.0. The molecule has 0 radical (unpaired) electrons. The summed E-state index contributed by atoms with van der Waals surface area (Å²) in [4.78, 5) is 18.8. The summed E-state index contributed by atoms with van der Waals surface area (Å²) in [5.74, 6) is -0.233. The second-order valence-electron chi connectivity index (χ2n) is 5.32. The molecule has 1 unspecified atom stereocenters. The second-order valence-corrected chi connectivity index (χ2v) is 5.32. The van der Waals surface area contributed by atoms with E-state index in [0.29, 0.717) is 18.8 Å². The van der Waals surface area contributed by atoms with E-state index in [1.54, 1.807) is 0 Å². The third-order valence-electron chi connectivity index (χ3n) is 3.63. The molecule has 1 aromatic carbocycles. The normalized spacial score (nSPS) is 16.8. The first-order valence-corrected chi connectivity index (χ1v) is 7.51. The predicted molar refractivity (Wildman–Crippen MR) is 85.8 cm³/mol. The van der Waals surface area contributed by atoms with Crippen molar-refractivity contribution in [3.8, 4) is 0 Å². The van der Waals surface area contributed by atoms with Crippen LogP contribution >= 0.6 is 0 Å². The van der Waals surface area contributed by atoms with E-state index in [1.165, 1.54) is 30.6 Å². The fourth-order valence-electron chi connectivity index (χ4n) is 2.46. The molecule has 0 amide bonds. The molecule has 0 aliphatic carbocycles. The topological polar surface area (TPSA) is 102 Å². The Kier molecular flexibility index (Phi) is 4.80. The summed E-state index contributed by atoms with van der Waals surface area (Å²) < 4.78 is 18.4. The number of halogens is 1. The van der Waals surface area contributed by atoms with Crippen molar-refractivity contribution >= 4 is 23.0 Å². The lowest BCUT2D eigenvalue weighted by Crippen LogP contribution is -2.20. The highest BCUT2D eigenvalue weighted by molar-refractivity contribution is 5.73. The maximum Gasteiger partial charge on any atom is 0.353 e. The Morgan fingerprint density at radius 3 is 2.71 bits per heavy atom. The zero-order valence-corrected chi connectivity index (χ0v) is 12.7. The molecule has 8 nitrogen and oxygen atoms in total. The molecule has 1 atom stereocenters. The Morgan fingerprint density at radius 2 is 2.04 bits per heavy atom. The van der Waals surface area contributed by atoms with Crippen molar-refractivity contribution in [1.82, 2.24) is 9.97 Å². The molecular weight excluding hydrogens is 317 g/mol. The summed E-state index contributed by atoms with van der Waals surface area (Å²) in [5, 5.41) is 17.2. The van der Waals surface area contributed by atoms with Gasteiger partial charge in [0.1, 0.15) is 12.1 Å². The molecule has 2 heterocycles. The molecule has 0 bridgehead atoms. The van der Waals surface area contributed by atoms with Crippen molar-refractivity contribution in [2.45, 2.75) is 18.9 Å². The monoisotopic (exact) mass is 333 g/mol. The molecule has 0 spiro atoms. The van der Waals surface area contributed by atoms with Crippen LogP contribution < -0.4 is 10.6 Å². The van der Waals surface area contributed by atoms with Gasteiger partial charge in [-0.2, -0.15) is 0 Å². The summed E-state index contributed by atoms with van der Waals surface area (Å²) in [6.07, 6.45) is 3.15. The van der Waals surface area contributed by atoms with Crippen LogP contribution in [0.2, 0.25) is 0 Å². The van der Waals surface area contributed by atoms with Crippen LogP contribution in [0, 0.1) is 15.9 Å². The van der Waals surface area contributed by atoms with E-state index in [1.807, 2.05) is 0 Å². The van der Waals surface area contributed by atoms with E-state index in [2.05, 4.69) is 20.6 Å². The minimum atomic E-state index is -0.552. The van der Waals surface area contributed by atoms with Crippen LogP contribution in [-0.2, 0) is 4.74 Å². The Bertz CT molecular complexity index is 720. The maximum atomic E-state index is 13.0. The minimum absolute atomic E-state index is 0.0214. The predicted octanol–water partition coefficient (Wildman–Crippen LogP) is 2.86. The van der Waals surface area contributed by atoms with Gasteiger partial charge in [0.15, 0.2) is 0 Å². The lowest BCUT2D eigenvalue weighted by Gasteiger charge is -2.12. The summed E-state index contributed by atoms with van der Waals surface area (Å²) >= 11 is 0. The van der Waals surface area contributed by atoms with Gasteiger partial charge in [-0.15, -0.1) is 0 Å². The number of hydrogen-bond donors (Lipinski definition) is 2. The average molecular weight is 333 g/mol. The van der Waals surface area contributed by atoms with Gasteiger partial charge in [0.2, 0.25) is 11.6 Å². The molecule has 1 saturated heterocycles. The van der Waals surface area contributed by atoms with Gasteiger partial charge in [0.05, 0.1) is 11.0 Å². The molecule has 24 heavy (non-hydrogen) atoms. The standard InChI is InChI=1S/C15H16FN5O3/c16-10-3-5-11(6-4-10)20-15-13(21(22)23)14(18-9-19-15)17-8-12-2-1-7-24-12/h3-6,9,12H,1-2,7-8H2,(H2,17,18,19,20). The third-order valence-corrected chi connectivity index (χ3v) is 3.63. The van der Waals surface area contributed by atoms with E-state index in [4.69, 9.17) is 4.74 Å². The Hall–Kier alpha value is -2.81. The quantitative estimate of drug-likeness (QED) is 0.619. The van der Waals surface area contributed by atoms with E-state index >= 15 is 0 Å². The molecule has 0 saturated carbocycles. The molecule has 1 fully saturated rings. The number of nitro groups is 1. The van der Waals surface area contributed by atoms with E-state index in [9.17, 15) is 14.5 Å². The Morgan fingerprint density at radius 1 is 1.29 bits per heavy atom. The summed E-state index contributed by atoms with van der Waals surface area (Å²) in [6.45, 7) is 1.14. The largest absolute Gasteiger partial charge is 0.376 e. The number of nitrogens with zero attached hydrogens (tertiary/aromatic N) is 3. The van der Waals surface area contributed by atoms with Crippen LogP contribution in [0.4, 0.5) is 27.4 Å². The van der Waals surface area contributed by atoms with Crippen molar-refractivity contribution in [2.24, 2.45) is 0 Å². The van der Waals surface area contributed by atoms with Gasteiger partial charge in [-0.1, -0.05) is 0 Å². The third kappa shape index (κ3) is 3.74. The molecular formula is C15H16FN5O3. The summed E-state index contributed by atoms with van der Waals surface area (Å²) in [7, 11) is 0. The lowest BCUT2D eigenvalue weighted by molar-refractivity contribution is -0.383. The number of rotatable bonds is 6. The van der Waals surface area contributed by atoms with Crippen molar-refractivity contribution in [2.75, 3.05) is 23.8 Å². The highest BCUT2D eigenvalue weighted by atomic mass is 19.1. The smallest absolute Gasteiger partial charge is 0.353 e. The number of benzene rings is 1. The van der Waals surface area contributed by atoms with E-state index in [0.717, 1.165) is 12.8 Å². The first-order chi connectivity index (χ1) is 11.6. The zero-order chi connectivity index (χ0) is 16.9. The number of hydrogen-bond acceptors (Lipinski definition) is 7. The molecule has 9 heteroatoms. The van der Waals surface area contributed by atoms with E-state index in [-0.39, 0.29) is 23.4 Å². The first-order valence-electron chi connectivity index (χ1n) is 7.51. The molecule has 1 aromatic heterocycles. The molecule has 1 aliphatic heterocycles. The van der Waals surface area contributed by atoms with Gasteiger partial charge in [-0.3, -0.25) is 10.1 Å². The lowest BCUT2D eigenvalue weighted by atomic mass is 10.2. The van der Waals surface area contributed by atoms with Crippen LogP contribution in [0.25, 0.3) is 0 Å². The zero-order valence-electron chi connectivity index (χ0n) is 12.7. The Balaban J connectivity index is 1.81. The fraction of sp³-hybridized carbons (Fsp3) is 0.333. The first kappa shape index (κ1) is 16.1. The number of aromatic nitrogens is 2. The molecule has 2 N–H and O–H groups in total. The number of anilines is 3. The number of nitrogens with one attached hydrogen (secondary N) is 2. The van der Waals surface area contributed by atoms with Crippen molar-refractivity contribution in [1.29, 1.82) is 0 Å². The average Bonchev–Trinajstić information content (AvgIpc) is 3.08. The Labute approximate surface area is 137 Å². The highest BCUT2D eigenvalue weighted by Crippen LogP contribution is 2.31. The highest BCUT2D eigenvalue weighted by Gasteiger charge is 2.24. The minimum Gasteiger partial charge on any atom is -0.376 e. The molecule has 126 valence electrons. The summed E-state index contributed by atoms with van der Waals surface area (Å²) in [6, 6.07) is 5.46. The van der Waals surface area contributed by atoms with Crippen LogP contribution in [0.1, 0.15) is 12.8 Å². The SMILES string of the molecule is O=[N+]([O-])c1c(NCC2CCCO2)ncnc1Nc1ccc(F)cc1. The van der Waals surface area contributed by atoms with Gasteiger partial charge >= 0.3 is 5.69 Å². The van der Waals surface area contributed by atoms with Crippen molar-refractivity contribution < 1.29 is 14.1 Å². The van der Waals surface area contributed by atoms with Gasteiger partial charge in [0, 0.05) is 18.8 Å². The molecule has 1 aliphatic rings. The van der Waals surface area contributed by atoms with Gasteiger partial charge in [-0.05, 0) is 37.1 Å². The van der Waals surface area contributed by atoms with Crippen LogP contribution in [-0.4, -0.2) is 34.1 Å².